The molecular formula is C14H23NO4. The van der Waals surface area contributed by atoms with Gasteiger partial charge in [0.25, 0.3) is 0 Å². The van der Waals surface area contributed by atoms with Gasteiger partial charge in [0.1, 0.15) is 0 Å². The average molecular weight is 269 g/mol. The molecule has 5 heteroatoms. The third kappa shape index (κ3) is 5.19. The maximum Gasteiger partial charge on any atom is 0.161 e. The fraction of sp³-hybridized carbons (Fsp3) is 0.429. The van der Waals surface area contributed by atoms with E-state index in [4.69, 9.17) is 20.3 Å². The first-order valence-corrected chi connectivity index (χ1v) is 5.91. The second-order valence-electron chi connectivity index (χ2n) is 4.45. The van der Waals surface area contributed by atoms with Gasteiger partial charge in [-0.2, -0.15) is 0 Å². The Morgan fingerprint density at radius 3 is 2.47 bits per heavy atom. The van der Waals surface area contributed by atoms with E-state index in [0.29, 0.717) is 17.9 Å². The van der Waals surface area contributed by atoms with Gasteiger partial charge in [0, 0.05) is 12.5 Å². The van der Waals surface area contributed by atoms with E-state index in [1.54, 1.807) is 7.11 Å². The summed E-state index contributed by atoms with van der Waals surface area (Å²) in [5, 5.41) is 9.15. The van der Waals surface area contributed by atoms with Gasteiger partial charge in [-0.25, -0.2) is 0 Å². The predicted molar refractivity (Wildman–Crippen MR) is 75.7 cm³/mol. The Morgan fingerprint density at radius 2 is 2.00 bits per heavy atom. The van der Waals surface area contributed by atoms with Crippen molar-refractivity contribution >= 4 is 0 Å². The SMILES string of the molecule is C=C(O)CC(N)c1ccc(OC(C)C)c(OC)c1.O. The molecular weight excluding hydrogens is 246 g/mol. The van der Waals surface area contributed by atoms with Crippen molar-refractivity contribution in [3.05, 3.63) is 36.1 Å². The molecule has 5 nitrogen and oxygen atoms in total. The molecule has 19 heavy (non-hydrogen) atoms. The van der Waals surface area contributed by atoms with Gasteiger partial charge in [0.15, 0.2) is 11.5 Å². The van der Waals surface area contributed by atoms with Crippen LogP contribution in [0.3, 0.4) is 0 Å². The van der Waals surface area contributed by atoms with Crippen LogP contribution < -0.4 is 15.2 Å². The summed E-state index contributed by atoms with van der Waals surface area (Å²) < 4.78 is 10.9. The van der Waals surface area contributed by atoms with Crippen molar-refractivity contribution in [2.75, 3.05) is 7.11 Å². The van der Waals surface area contributed by atoms with E-state index in [2.05, 4.69) is 6.58 Å². The van der Waals surface area contributed by atoms with Crippen LogP contribution >= 0.6 is 0 Å². The molecule has 0 aliphatic carbocycles. The van der Waals surface area contributed by atoms with Gasteiger partial charge in [-0.1, -0.05) is 12.6 Å². The van der Waals surface area contributed by atoms with Crippen molar-refractivity contribution in [3.8, 4) is 11.5 Å². The van der Waals surface area contributed by atoms with Gasteiger partial charge in [0.05, 0.1) is 19.0 Å². The fourth-order valence-electron chi connectivity index (χ4n) is 1.64. The van der Waals surface area contributed by atoms with Crippen LogP contribution in [0.4, 0.5) is 0 Å². The lowest BCUT2D eigenvalue weighted by Gasteiger charge is -2.17. The van der Waals surface area contributed by atoms with E-state index in [9.17, 15) is 0 Å². The van der Waals surface area contributed by atoms with Crippen LogP contribution in [-0.4, -0.2) is 23.8 Å². The zero-order chi connectivity index (χ0) is 13.7. The summed E-state index contributed by atoms with van der Waals surface area (Å²) >= 11 is 0. The summed E-state index contributed by atoms with van der Waals surface area (Å²) in [7, 11) is 1.59. The number of hydrogen-bond acceptors (Lipinski definition) is 4. The Kier molecular flexibility index (Phi) is 6.96. The molecule has 0 radical (unpaired) electrons. The van der Waals surface area contributed by atoms with Crippen LogP contribution in [0.5, 0.6) is 11.5 Å². The van der Waals surface area contributed by atoms with Crippen molar-refractivity contribution in [3.63, 3.8) is 0 Å². The second-order valence-corrected chi connectivity index (χ2v) is 4.45. The molecule has 5 N–H and O–H groups in total. The zero-order valence-corrected chi connectivity index (χ0v) is 11.6. The van der Waals surface area contributed by atoms with Crippen LogP contribution in [0.2, 0.25) is 0 Å². The number of nitrogens with two attached hydrogens (primary N) is 1. The minimum atomic E-state index is -0.301. The maximum atomic E-state index is 9.15. The molecule has 1 unspecified atom stereocenters. The molecule has 0 spiro atoms. The number of rotatable bonds is 6. The third-order valence-corrected chi connectivity index (χ3v) is 2.43. The summed E-state index contributed by atoms with van der Waals surface area (Å²) in [6, 6.07) is 5.22. The summed E-state index contributed by atoms with van der Waals surface area (Å²) in [5.74, 6) is 1.40. The van der Waals surface area contributed by atoms with Crippen molar-refractivity contribution in [1.82, 2.24) is 0 Å². The third-order valence-electron chi connectivity index (χ3n) is 2.43. The van der Waals surface area contributed by atoms with Crippen LogP contribution in [0, 0.1) is 0 Å². The molecule has 0 heterocycles. The lowest BCUT2D eigenvalue weighted by atomic mass is 10.0. The fourth-order valence-corrected chi connectivity index (χ4v) is 1.64. The topological polar surface area (TPSA) is 96.2 Å². The molecule has 108 valence electrons. The molecule has 0 aliphatic heterocycles. The smallest absolute Gasteiger partial charge is 0.161 e. The zero-order valence-electron chi connectivity index (χ0n) is 11.6. The lowest BCUT2D eigenvalue weighted by Crippen LogP contribution is -2.12. The number of hydrogen-bond donors (Lipinski definition) is 2. The summed E-state index contributed by atoms with van der Waals surface area (Å²) in [6.45, 7) is 7.35. The summed E-state index contributed by atoms with van der Waals surface area (Å²) in [4.78, 5) is 0. The van der Waals surface area contributed by atoms with Gasteiger partial charge in [0.2, 0.25) is 0 Å². The predicted octanol–water partition coefficient (Wildman–Crippen LogP) is 2.12. The minimum Gasteiger partial charge on any atom is -0.513 e. The van der Waals surface area contributed by atoms with E-state index in [-0.39, 0.29) is 23.4 Å². The number of benzene rings is 1. The Hall–Kier alpha value is -1.72. The number of methoxy groups -OCH3 is 1. The Morgan fingerprint density at radius 1 is 1.37 bits per heavy atom. The quantitative estimate of drug-likeness (QED) is 0.773. The summed E-state index contributed by atoms with van der Waals surface area (Å²) in [5.41, 5.74) is 6.83. The normalized spacial score (nSPS) is 11.6. The van der Waals surface area contributed by atoms with Gasteiger partial charge >= 0.3 is 0 Å². The molecule has 0 saturated heterocycles. The van der Waals surface area contributed by atoms with Crippen molar-refractivity contribution in [2.24, 2.45) is 5.73 Å². The van der Waals surface area contributed by atoms with Crippen LogP contribution in [0.25, 0.3) is 0 Å². The number of aliphatic hydroxyl groups excluding tert-OH is 1. The molecule has 0 aromatic heterocycles. The lowest BCUT2D eigenvalue weighted by molar-refractivity contribution is 0.230. The van der Waals surface area contributed by atoms with E-state index < -0.39 is 0 Å². The maximum absolute atomic E-state index is 9.15. The van der Waals surface area contributed by atoms with Gasteiger partial charge < -0.3 is 25.8 Å². The Labute approximate surface area is 114 Å². The van der Waals surface area contributed by atoms with E-state index in [1.807, 2.05) is 32.0 Å². The standard InChI is InChI=1S/C14H21NO3.H2O/c1-9(2)18-13-6-5-11(8-14(13)17-4)12(15)7-10(3)16;/h5-6,8-9,12,16H,3,7,15H2,1-2,4H3;1H2. The highest BCUT2D eigenvalue weighted by atomic mass is 16.5. The first kappa shape index (κ1) is 17.3. The number of aliphatic hydroxyl groups is 1. The van der Waals surface area contributed by atoms with Gasteiger partial charge in [-0.3, -0.25) is 0 Å². The molecule has 0 fully saturated rings. The Bertz CT molecular complexity index is 418. The molecule has 0 aliphatic rings. The van der Waals surface area contributed by atoms with Crippen molar-refractivity contribution < 1.29 is 20.1 Å². The highest BCUT2D eigenvalue weighted by molar-refractivity contribution is 5.44. The molecule has 0 saturated carbocycles. The number of ether oxygens (including phenoxy) is 2. The first-order valence-electron chi connectivity index (χ1n) is 5.91. The minimum absolute atomic E-state index is 0. The highest BCUT2D eigenvalue weighted by Gasteiger charge is 2.12. The van der Waals surface area contributed by atoms with E-state index in [1.165, 1.54) is 0 Å². The molecule has 1 aromatic carbocycles. The molecule has 1 rings (SSSR count). The first-order chi connectivity index (χ1) is 8.43. The average Bonchev–Trinajstić information content (AvgIpc) is 2.27. The molecule has 0 amide bonds. The monoisotopic (exact) mass is 269 g/mol. The largest absolute Gasteiger partial charge is 0.513 e. The Balaban J connectivity index is 0.00000324. The van der Waals surface area contributed by atoms with Crippen LogP contribution in [0.15, 0.2) is 30.5 Å². The summed E-state index contributed by atoms with van der Waals surface area (Å²) in [6.07, 6.45) is 0.406. The van der Waals surface area contributed by atoms with Gasteiger partial charge in [-0.05, 0) is 31.5 Å². The molecule has 1 aromatic rings. The second kappa shape index (κ2) is 7.66. The van der Waals surface area contributed by atoms with Crippen LogP contribution in [-0.2, 0) is 0 Å². The molecule has 0 bridgehead atoms. The van der Waals surface area contributed by atoms with E-state index >= 15 is 0 Å². The highest BCUT2D eigenvalue weighted by Crippen LogP contribution is 2.31. The van der Waals surface area contributed by atoms with E-state index in [0.717, 1.165) is 5.56 Å². The van der Waals surface area contributed by atoms with Crippen LogP contribution in [0.1, 0.15) is 31.9 Å². The van der Waals surface area contributed by atoms with Crippen molar-refractivity contribution in [2.45, 2.75) is 32.4 Å². The van der Waals surface area contributed by atoms with Crippen molar-refractivity contribution in [1.29, 1.82) is 0 Å². The van der Waals surface area contributed by atoms with Gasteiger partial charge in [-0.15, -0.1) is 0 Å². The molecule has 1 atom stereocenters.